The van der Waals surface area contributed by atoms with Gasteiger partial charge in [0.25, 0.3) is 0 Å². The fraction of sp³-hybridized carbons (Fsp3) is 0.412. The van der Waals surface area contributed by atoms with E-state index in [1.54, 1.807) is 0 Å². The molecule has 0 bridgehead atoms. The van der Waals surface area contributed by atoms with Gasteiger partial charge in [0.1, 0.15) is 11.2 Å². The molecule has 1 spiro atoms. The van der Waals surface area contributed by atoms with Crippen LogP contribution in [0.15, 0.2) is 36.2 Å². The topological polar surface area (TPSA) is 58.2 Å². The predicted octanol–water partition coefficient (Wildman–Crippen LogP) is 3.09. The molecule has 4 nitrogen and oxygen atoms in total. The van der Waals surface area contributed by atoms with Crippen molar-refractivity contribution < 1.29 is 9.59 Å². The molecule has 1 heterocycles. The molecule has 22 heavy (non-hydrogen) atoms. The summed E-state index contributed by atoms with van der Waals surface area (Å²) < 4.78 is 0. The highest BCUT2D eigenvalue weighted by Crippen LogP contribution is 2.41. The van der Waals surface area contributed by atoms with Crippen molar-refractivity contribution in [1.29, 1.82) is 0 Å². The first-order valence-electron chi connectivity index (χ1n) is 7.61. The van der Waals surface area contributed by atoms with Crippen LogP contribution < -0.4 is 10.6 Å². The summed E-state index contributed by atoms with van der Waals surface area (Å²) in [7, 11) is 0. The van der Waals surface area contributed by atoms with Gasteiger partial charge in [0.15, 0.2) is 5.78 Å². The molecule has 1 atom stereocenters. The Morgan fingerprint density at radius 1 is 1.27 bits per heavy atom. The average molecular weight is 319 g/mol. The molecule has 1 saturated carbocycles. The van der Waals surface area contributed by atoms with E-state index >= 15 is 0 Å². The minimum absolute atomic E-state index is 0.0596. The maximum atomic E-state index is 12.4. The maximum absolute atomic E-state index is 12.4. The highest BCUT2D eigenvalue weighted by atomic mass is 35.5. The molecule has 0 radical (unpaired) electrons. The Bertz CT molecular complexity index is 648. The van der Waals surface area contributed by atoms with Crippen LogP contribution in [0, 0.1) is 5.41 Å². The number of hydrogen-bond donors (Lipinski definition) is 2. The molecule has 3 rings (SSSR count). The van der Waals surface area contributed by atoms with Gasteiger partial charge < -0.3 is 10.6 Å². The van der Waals surface area contributed by atoms with Crippen molar-refractivity contribution in [3.8, 4) is 0 Å². The Labute approximate surface area is 134 Å². The standard InChI is InChI=1S/C17H19ClN2O2/c1-11(12-5-4-6-13(18)9-12)19-15-10-14(21)17(16(22)20-15)7-2-3-8-17/h4-6,9-11,19H,2-3,7-8H2,1H3,(H,20,22)/t11-/m0/s1. The molecular formula is C17H19ClN2O2. The van der Waals surface area contributed by atoms with Crippen LogP contribution in [0.5, 0.6) is 0 Å². The summed E-state index contributed by atoms with van der Waals surface area (Å²) in [5, 5.41) is 6.69. The van der Waals surface area contributed by atoms with E-state index in [2.05, 4.69) is 10.6 Å². The second-order valence-corrected chi connectivity index (χ2v) is 6.52. The lowest BCUT2D eigenvalue weighted by molar-refractivity contribution is -0.140. The molecule has 1 aromatic rings. The monoisotopic (exact) mass is 318 g/mol. The Balaban J connectivity index is 1.76. The Kier molecular flexibility index (Phi) is 3.96. The van der Waals surface area contributed by atoms with Gasteiger partial charge >= 0.3 is 0 Å². The van der Waals surface area contributed by atoms with Gasteiger partial charge in [-0.05, 0) is 37.5 Å². The van der Waals surface area contributed by atoms with Crippen LogP contribution in [-0.2, 0) is 9.59 Å². The number of nitrogens with one attached hydrogen (secondary N) is 2. The van der Waals surface area contributed by atoms with E-state index in [4.69, 9.17) is 11.6 Å². The molecule has 116 valence electrons. The summed E-state index contributed by atoms with van der Waals surface area (Å²) in [5.41, 5.74) is 0.182. The molecule has 0 aromatic heterocycles. The zero-order chi connectivity index (χ0) is 15.7. The van der Waals surface area contributed by atoms with E-state index in [-0.39, 0.29) is 17.7 Å². The number of ketones is 1. The summed E-state index contributed by atoms with van der Waals surface area (Å²) in [6, 6.07) is 7.45. The van der Waals surface area contributed by atoms with Crippen molar-refractivity contribution in [2.75, 3.05) is 0 Å². The van der Waals surface area contributed by atoms with Gasteiger partial charge in [-0.15, -0.1) is 0 Å². The first-order chi connectivity index (χ1) is 10.5. The van der Waals surface area contributed by atoms with Gasteiger partial charge in [-0.1, -0.05) is 36.6 Å². The Hall–Kier alpha value is -1.81. The molecule has 1 amide bonds. The summed E-state index contributed by atoms with van der Waals surface area (Å²) in [4.78, 5) is 24.8. The van der Waals surface area contributed by atoms with E-state index in [0.29, 0.717) is 23.7 Å². The average Bonchev–Trinajstić information content (AvgIpc) is 2.96. The third kappa shape index (κ3) is 2.63. The predicted molar refractivity (Wildman–Crippen MR) is 85.1 cm³/mol. The second-order valence-electron chi connectivity index (χ2n) is 6.09. The zero-order valence-electron chi connectivity index (χ0n) is 12.5. The lowest BCUT2D eigenvalue weighted by atomic mass is 9.79. The van der Waals surface area contributed by atoms with Crippen LogP contribution in [-0.4, -0.2) is 11.7 Å². The fourth-order valence-corrected chi connectivity index (χ4v) is 3.48. The number of benzene rings is 1. The Morgan fingerprint density at radius 2 is 2.00 bits per heavy atom. The van der Waals surface area contributed by atoms with Crippen molar-refractivity contribution in [3.63, 3.8) is 0 Å². The smallest absolute Gasteiger partial charge is 0.239 e. The maximum Gasteiger partial charge on any atom is 0.239 e. The third-order valence-corrected chi connectivity index (χ3v) is 4.84. The summed E-state index contributed by atoms with van der Waals surface area (Å²) >= 11 is 5.99. The number of halogens is 1. The highest BCUT2D eigenvalue weighted by Gasteiger charge is 2.49. The molecule has 0 saturated heterocycles. The number of carbonyl (C=O) groups excluding carboxylic acids is 2. The molecular weight excluding hydrogens is 300 g/mol. The molecule has 1 fully saturated rings. The minimum atomic E-state index is -0.815. The van der Waals surface area contributed by atoms with E-state index in [0.717, 1.165) is 18.4 Å². The van der Waals surface area contributed by atoms with E-state index < -0.39 is 5.41 Å². The number of amides is 1. The molecule has 5 heteroatoms. The van der Waals surface area contributed by atoms with Crippen LogP contribution in [0.25, 0.3) is 0 Å². The van der Waals surface area contributed by atoms with Crippen molar-refractivity contribution in [2.45, 2.75) is 38.6 Å². The number of rotatable bonds is 3. The van der Waals surface area contributed by atoms with Crippen molar-refractivity contribution in [2.24, 2.45) is 5.41 Å². The van der Waals surface area contributed by atoms with Gasteiger partial charge in [0.05, 0.1) is 0 Å². The van der Waals surface area contributed by atoms with Gasteiger partial charge in [-0.3, -0.25) is 9.59 Å². The van der Waals surface area contributed by atoms with Crippen LogP contribution in [0.2, 0.25) is 5.02 Å². The summed E-state index contributed by atoms with van der Waals surface area (Å²) in [6.45, 7) is 1.96. The lowest BCUT2D eigenvalue weighted by Gasteiger charge is -2.31. The molecule has 1 aliphatic carbocycles. The third-order valence-electron chi connectivity index (χ3n) is 4.61. The number of carbonyl (C=O) groups is 2. The van der Waals surface area contributed by atoms with Gasteiger partial charge in [-0.2, -0.15) is 0 Å². The van der Waals surface area contributed by atoms with E-state index in [9.17, 15) is 9.59 Å². The lowest BCUT2D eigenvalue weighted by Crippen LogP contribution is -2.50. The zero-order valence-corrected chi connectivity index (χ0v) is 13.2. The summed E-state index contributed by atoms with van der Waals surface area (Å²) in [5.74, 6) is 0.229. The molecule has 1 aromatic carbocycles. The van der Waals surface area contributed by atoms with Crippen LogP contribution in [0.4, 0.5) is 0 Å². The fourth-order valence-electron chi connectivity index (χ4n) is 3.28. The summed E-state index contributed by atoms with van der Waals surface area (Å²) in [6.07, 6.45) is 4.73. The molecule has 0 unspecified atom stereocenters. The second kappa shape index (κ2) is 5.76. The number of allylic oxidation sites excluding steroid dienone is 1. The number of hydrogen-bond acceptors (Lipinski definition) is 3. The van der Waals surface area contributed by atoms with Crippen molar-refractivity contribution >= 4 is 23.3 Å². The van der Waals surface area contributed by atoms with Crippen LogP contribution in [0.1, 0.15) is 44.2 Å². The largest absolute Gasteiger partial charge is 0.365 e. The normalized spacial score (nSPS) is 21.5. The Morgan fingerprint density at radius 3 is 2.64 bits per heavy atom. The molecule has 2 aliphatic rings. The van der Waals surface area contributed by atoms with E-state index in [1.807, 2.05) is 31.2 Å². The van der Waals surface area contributed by atoms with Gasteiger partial charge in [0.2, 0.25) is 5.91 Å². The molecule has 2 N–H and O–H groups in total. The van der Waals surface area contributed by atoms with E-state index in [1.165, 1.54) is 6.08 Å². The van der Waals surface area contributed by atoms with Crippen LogP contribution in [0.3, 0.4) is 0 Å². The van der Waals surface area contributed by atoms with Crippen LogP contribution >= 0.6 is 11.6 Å². The minimum Gasteiger partial charge on any atom is -0.365 e. The van der Waals surface area contributed by atoms with Crippen molar-refractivity contribution in [1.82, 2.24) is 10.6 Å². The first kappa shape index (κ1) is 15.1. The first-order valence-corrected chi connectivity index (χ1v) is 7.99. The van der Waals surface area contributed by atoms with Gasteiger partial charge in [0, 0.05) is 17.1 Å². The van der Waals surface area contributed by atoms with Crippen molar-refractivity contribution in [3.05, 3.63) is 46.7 Å². The SMILES string of the molecule is C[C@H](NC1=CC(=O)C2(CCCC2)C(=O)N1)c1cccc(Cl)c1. The highest BCUT2D eigenvalue weighted by molar-refractivity contribution is 6.30. The quantitative estimate of drug-likeness (QED) is 0.842. The molecule has 1 aliphatic heterocycles. The van der Waals surface area contributed by atoms with Gasteiger partial charge in [-0.25, -0.2) is 0 Å².